The van der Waals surface area contributed by atoms with Crippen molar-refractivity contribution >= 4 is 0 Å². The number of nitrogens with one attached hydrogen (secondary N) is 1. The lowest BCUT2D eigenvalue weighted by Gasteiger charge is -2.09. The molecule has 0 bridgehead atoms. The molecule has 0 amide bonds. The van der Waals surface area contributed by atoms with Gasteiger partial charge in [-0.1, -0.05) is 51.5 Å². The van der Waals surface area contributed by atoms with Crippen LogP contribution in [0.25, 0.3) is 22.5 Å². The zero-order valence-electron chi connectivity index (χ0n) is 17.6. The van der Waals surface area contributed by atoms with Gasteiger partial charge in [-0.05, 0) is 39.6 Å². The molecule has 30 heavy (non-hydrogen) atoms. The van der Waals surface area contributed by atoms with Gasteiger partial charge in [-0.25, -0.2) is 14.8 Å². The van der Waals surface area contributed by atoms with E-state index >= 15 is 0 Å². The summed E-state index contributed by atoms with van der Waals surface area (Å²) in [5.74, 6) is 2.91. The fraction of sp³-hybridized carbons (Fsp3) is 0.364. The number of H-pyrrole nitrogens is 1. The number of unbranched alkanes of at least 4 members (excludes halogenated alkanes) is 1. The summed E-state index contributed by atoms with van der Waals surface area (Å²) in [5.41, 5.74) is 4.17. The highest BCUT2D eigenvalue weighted by atomic mass is 15.5. The van der Waals surface area contributed by atoms with Crippen molar-refractivity contribution in [1.82, 2.24) is 40.4 Å². The summed E-state index contributed by atoms with van der Waals surface area (Å²) in [6.07, 6.45) is 6.78. The van der Waals surface area contributed by atoms with Gasteiger partial charge in [0.1, 0.15) is 5.82 Å². The minimum Gasteiger partial charge on any atom is -0.264 e. The van der Waals surface area contributed by atoms with E-state index in [2.05, 4.69) is 75.3 Å². The van der Waals surface area contributed by atoms with Crippen molar-refractivity contribution < 1.29 is 0 Å². The predicted octanol–water partition coefficient (Wildman–Crippen LogP) is 4.03. The van der Waals surface area contributed by atoms with Crippen molar-refractivity contribution in [1.29, 1.82) is 0 Å². The van der Waals surface area contributed by atoms with Gasteiger partial charge in [0.25, 0.3) is 0 Å². The molecule has 0 aliphatic carbocycles. The Labute approximate surface area is 175 Å². The summed E-state index contributed by atoms with van der Waals surface area (Å²) in [6, 6.07) is 10.5. The number of hydrogen-bond donors (Lipinski definition) is 1. The van der Waals surface area contributed by atoms with Gasteiger partial charge in [-0.3, -0.25) is 4.98 Å². The largest absolute Gasteiger partial charge is 0.264 e. The highest BCUT2D eigenvalue weighted by molar-refractivity contribution is 5.79. The van der Waals surface area contributed by atoms with Crippen molar-refractivity contribution in [2.75, 3.05) is 0 Å². The molecule has 4 rings (SSSR count). The number of aromatic nitrogens is 8. The average Bonchev–Trinajstić information content (AvgIpc) is 3.43. The minimum absolute atomic E-state index is 0.324. The lowest BCUT2D eigenvalue weighted by molar-refractivity contribution is 0.610. The van der Waals surface area contributed by atoms with E-state index in [-0.39, 0.29) is 0 Å². The van der Waals surface area contributed by atoms with Crippen LogP contribution in [0.1, 0.15) is 56.7 Å². The Hall–Kier alpha value is -3.42. The quantitative estimate of drug-likeness (QED) is 0.478. The molecule has 154 valence electrons. The third kappa shape index (κ3) is 4.27. The van der Waals surface area contributed by atoms with Gasteiger partial charge in [-0.15, -0.1) is 5.10 Å². The van der Waals surface area contributed by atoms with E-state index in [1.165, 1.54) is 5.56 Å². The highest BCUT2D eigenvalue weighted by Crippen LogP contribution is 2.29. The number of hydrogen-bond acceptors (Lipinski definition) is 6. The summed E-state index contributed by atoms with van der Waals surface area (Å²) in [6.45, 7) is 7.18. The fourth-order valence-corrected chi connectivity index (χ4v) is 3.36. The van der Waals surface area contributed by atoms with Gasteiger partial charge in [-0.2, -0.15) is 5.10 Å². The van der Waals surface area contributed by atoms with E-state index < -0.39 is 0 Å². The molecule has 8 nitrogen and oxygen atoms in total. The van der Waals surface area contributed by atoms with E-state index in [4.69, 9.17) is 10.1 Å². The van der Waals surface area contributed by atoms with Crippen LogP contribution < -0.4 is 0 Å². The molecule has 4 aromatic rings. The number of aryl methyl sites for hydroxylation is 1. The number of aromatic amines is 1. The molecule has 0 atom stereocenters. The number of rotatable bonds is 8. The van der Waals surface area contributed by atoms with Gasteiger partial charge < -0.3 is 0 Å². The van der Waals surface area contributed by atoms with Crippen molar-refractivity contribution in [2.45, 2.75) is 52.5 Å². The molecule has 3 heterocycles. The summed E-state index contributed by atoms with van der Waals surface area (Å²) in [7, 11) is 0. The smallest absolute Gasteiger partial charge is 0.181 e. The van der Waals surface area contributed by atoms with Crippen LogP contribution in [0.4, 0.5) is 0 Å². The number of benzene rings is 1. The molecule has 0 saturated heterocycles. The molecule has 1 aromatic carbocycles. The standard InChI is InChI=1S/C22H26N8/c1-4-5-6-20-24-21(15(2)3)27-30(20)14-16-7-9-17(10-8-16)18-11-12-23-13-19(18)22-25-28-29-26-22/h7-13,15H,4-6,14H2,1-3H3,(H,25,26,28,29). The summed E-state index contributed by atoms with van der Waals surface area (Å²) < 4.78 is 2.05. The highest BCUT2D eigenvalue weighted by Gasteiger charge is 2.14. The molecule has 0 unspecified atom stereocenters. The Morgan fingerprint density at radius 1 is 1.07 bits per heavy atom. The molecule has 3 aromatic heterocycles. The average molecular weight is 403 g/mol. The summed E-state index contributed by atoms with van der Waals surface area (Å²) in [4.78, 5) is 8.99. The van der Waals surface area contributed by atoms with Crippen LogP contribution in [-0.2, 0) is 13.0 Å². The zero-order valence-corrected chi connectivity index (χ0v) is 17.6. The van der Waals surface area contributed by atoms with E-state index in [9.17, 15) is 0 Å². The Morgan fingerprint density at radius 2 is 1.90 bits per heavy atom. The van der Waals surface area contributed by atoms with Gasteiger partial charge in [0.15, 0.2) is 11.6 Å². The first-order valence-corrected chi connectivity index (χ1v) is 10.4. The van der Waals surface area contributed by atoms with Crippen LogP contribution >= 0.6 is 0 Å². The lowest BCUT2D eigenvalue weighted by Crippen LogP contribution is -2.07. The van der Waals surface area contributed by atoms with E-state index in [0.29, 0.717) is 18.3 Å². The van der Waals surface area contributed by atoms with Gasteiger partial charge in [0, 0.05) is 30.3 Å². The monoisotopic (exact) mass is 402 g/mol. The third-order valence-electron chi connectivity index (χ3n) is 5.05. The third-order valence-corrected chi connectivity index (χ3v) is 5.05. The van der Waals surface area contributed by atoms with Gasteiger partial charge in [0.05, 0.1) is 6.54 Å². The van der Waals surface area contributed by atoms with Crippen LogP contribution in [0.5, 0.6) is 0 Å². The molecule has 0 aliphatic rings. The molecule has 0 radical (unpaired) electrons. The van der Waals surface area contributed by atoms with Crippen molar-refractivity contribution in [3.05, 3.63) is 59.9 Å². The second-order valence-corrected chi connectivity index (χ2v) is 7.67. The molecular weight excluding hydrogens is 376 g/mol. The van der Waals surface area contributed by atoms with Gasteiger partial charge in [0.2, 0.25) is 0 Å². The van der Waals surface area contributed by atoms with E-state index in [0.717, 1.165) is 47.6 Å². The molecule has 0 spiro atoms. The molecule has 0 fully saturated rings. The summed E-state index contributed by atoms with van der Waals surface area (Å²) in [5, 5.41) is 18.9. The Kier molecular flexibility index (Phi) is 5.92. The fourth-order valence-electron chi connectivity index (χ4n) is 3.36. The summed E-state index contributed by atoms with van der Waals surface area (Å²) >= 11 is 0. The maximum absolute atomic E-state index is 4.77. The van der Waals surface area contributed by atoms with E-state index in [1.807, 2.05) is 6.07 Å². The zero-order chi connectivity index (χ0) is 20.9. The normalized spacial score (nSPS) is 11.3. The number of nitrogens with zero attached hydrogens (tertiary/aromatic N) is 7. The van der Waals surface area contributed by atoms with Gasteiger partial charge >= 0.3 is 0 Å². The molecule has 1 N–H and O–H groups in total. The van der Waals surface area contributed by atoms with Crippen LogP contribution in [0.2, 0.25) is 0 Å². The second-order valence-electron chi connectivity index (χ2n) is 7.67. The molecule has 8 heteroatoms. The number of pyridine rings is 1. The van der Waals surface area contributed by atoms with Crippen LogP contribution in [0.3, 0.4) is 0 Å². The topological polar surface area (TPSA) is 98.1 Å². The Bertz CT molecular complexity index is 1080. The molecular formula is C22H26N8. The first-order valence-electron chi connectivity index (χ1n) is 10.4. The Balaban J connectivity index is 1.59. The van der Waals surface area contributed by atoms with E-state index in [1.54, 1.807) is 12.4 Å². The van der Waals surface area contributed by atoms with Crippen LogP contribution in [0.15, 0.2) is 42.7 Å². The first-order chi connectivity index (χ1) is 14.7. The minimum atomic E-state index is 0.324. The Morgan fingerprint density at radius 3 is 2.60 bits per heavy atom. The van der Waals surface area contributed by atoms with Crippen molar-refractivity contribution in [3.63, 3.8) is 0 Å². The van der Waals surface area contributed by atoms with Crippen molar-refractivity contribution in [3.8, 4) is 22.5 Å². The van der Waals surface area contributed by atoms with Crippen molar-refractivity contribution in [2.24, 2.45) is 0 Å². The number of tetrazole rings is 1. The van der Waals surface area contributed by atoms with Crippen LogP contribution in [0, 0.1) is 0 Å². The lowest BCUT2D eigenvalue weighted by atomic mass is 10.00. The maximum Gasteiger partial charge on any atom is 0.181 e. The first kappa shape index (κ1) is 19.9. The second kappa shape index (κ2) is 8.94. The SMILES string of the molecule is CCCCc1nc(C(C)C)nn1Cc1ccc(-c2ccncc2-c2nnn[nH]2)cc1. The van der Waals surface area contributed by atoms with Crippen LogP contribution in [-0.4, -0.2) is 40.4 Å². The maximum atomic E-state index is 4.77. The molecule has 0 saturated carbocycles. The molecule has 0 aliphatic heterocycles. The predicted molar refractivity (Wildman–Crippen MR) is 115 cm³/mol.